The summed E-state index contributed by atoms with van der Waals surface area (Å²) in [5.41, 5.74) is -0.675. The summed E-state index contributed by atoms with van der Waals surface area (Å²) in [6.45, 7) is 2.51. The molecule has 1 aliphatic carbocycles. The van der Waals surface area contributed by atoms with E-state index in [0.29, 0.717) is 29.7 Å². The summed E-state index contributed by atoms with van der Waals surface area (Å²) >= 11 is 5.79. The summed E-state index contributed by atoms with van der Waals surface area (Å²) in [6.07, 6.45) is 6.35. The third kappa shape index (κ3) is 4.66. The van der Waals surface area contributed by atoms with Gasteiger partial charge in [0.25, 0.3) is 12.3 Å². The summed E-state index contributed by atoms with van der Waals surface area (Å²) < 4.78 is 43.2. The van der Waals surface area contributed by atoms with E-state index in [-0.39, 0.29) is 28.2 Å². The van der Waals surface area contributed by atoms with Crippen molar-refractivity contribution in [3.8, 4) is 11.3 Å². The van der Waals surface area contributed by atoms with Crippen molar-refractivity contribution >= 4 is 34.8 Å². The lowest BCUT2D eigenvalue weighted by molar-refractivity contribution is -0.118. The fraction of sp³-hybridized carbons (Fsp3) is 0.269. The van der Waals surface area contributed by atoms with Gasteiger partial charge in [-0.15, -0.1) is 0 Å². The maximum atomic E-state index is 14.7. The van der Waals surface area contributed by atoms with Crippen LogP contribution < -0.4 is 10.2 Å². The highest BCUT2D eigenvalue weighted by molar-refractivity contribution is 6.31. The second kappa shape index (κ2) is 9.97. The van der Waals surface area contributed by atoms with Crippen LogP contribution in [0, 0.1) is 17.7 Å². The molecule has 1 saturated heterocycles. The molecule has 0 spiro atoms. The van der Waals surface area contributed by atoms with Gasteiger partial charge in [0.15, 0.2) is 11.6 Å². The highest BCUT2D eigenvalue weighted by Gasteiger charge is 2.52. The van der Waals surface area contributed by atoms with Crippen LogP contribution in [-0.2, 0) is 4.79 Å². The number of halogens is 4. The smallest absolute Gasteiger partial charge is 0.275 e. The molecule has 204 valence electrons. The van der Waals surface area contributed by atoms with Crippen molar-refractivity contribution in [1.29, 1.82) is 0 Å². The van der Waals surface area contributed by atoms with Crippen molar-refractivity contribution in [3.05, 3.63) is 77.2 Å². The topological polar surface area (TPSA) is 119 Å². The Labute approximate surface area is 230 Å². The van der Waals surface area contributed by atoms with Gasteiger partial charge in [-0.2, -0.15) is 5.10 Å². The van der Waals surface area contributed by atoms with E-state index in [1.807, 2.05) is 6.92 Å². The SMILES string of the molecule is C[C@@H](c1ncc(N2C[C@H]3C[C@H]3C2=O)cn1)n1cc(NC(=O)c2cncc(-c3c(C(F)F)ccc(Cl)c3F)n2)cn1. The van der Waals surface area contributed by atoms with E-state index in [2.05, 4.69) is 30.4 Å². The molecule has 6 rings (SSSR count). The van der Waals surface area contributed by atoms with E-state index < -0.39 is 35.3 Å². The van der Waals surface area contributed by atoms with Gasteiger partial charge in [0.2, 0.25) is 5.91 Å². The van der Waals surface area contributed by atoms with Crippen LogP contribution in [0.2, 0.25) is 5.02 Å². The highest BCUT2D eigenvalue weighted by atomic mass is 35.5. The number of nitrogens with zero attached hydrogens (tertiary/aromatic N) is 7. The zero-order valence-electron chi connectivity index (χ0n) is 20.8. The van der Waals surface area contributed by atoms with Crippen LogP contribution in [0.1, 0.15) is 47.7 Å². The molecule has 2 amide bonds. The van der Waals surface area contributed by atoms with Crippen LogP contribution in [0.25, 0.3) is 11.3 Å². The number of piperidine rings is 1. The molecule has 4 aromatic rings. The zero-order chi connectivity index (χ0) is 28.1. The zero-order valence-corrected chi connectivity index (χ0v) is 21.6. The van der Waals surface area contributed by atoms with E-state index >= 15 is 0 Å². The van der Waals surface area contributed by atoms with Crippen LogP contribution in [-0.4, -0.2) is 48.1 Å². The van der Waals surface area contributed by atoms with Crippen molar-refractivity contribution in [1.82, 2.24) is 29.7 Å². The lowest BCUT2D eigenvalue weighted by Gasteiger charge is -2.18. The minimum Gasteiger partial charge on any atom is -0.318 e. The third-order valence-electron chi connectivity index (χ3n) is 7.01. The second-order valence-corrected chi connectivity index (χ2v) is 10.0. The van der Waals surface area contributed by atoms with Crippen LogP contribution in [0.5, 0.6) is 0 Å². The Balaban J connectivity index is 1.16. The van der Waals surface area contributed by atoms with Gasteiger partial charge in [0.1, 0.15) is 11.7 Å². The van der Waals surface area contributed by atoms with Gasteiger partial charge < -0.3 is 10.2 Å². The maximum Gasteiger partial charge on any atom is 0.275 e. The van der Waals surface area contributed by atoms with Crippen molar-refractivity contribution in [3.63, 3.8) is 0 Å². The monoisotopic (exact) mass is 568 g/mol. The number of nitrogens with one attached hydrogen (secondary N) is 1. The van der Waals surface area contributed by atoms with Crippen LogP contribution in [0.3, 0.4) is 0 Å². The molecule has 1 saturated carbocycles. The maximum absolute atomic E-state index is 14.7. The van der Waals surface area contributed by atoms with E-state index in [0.717, 1.165) is 30.9 Å². The fourth-order valence-electron chi connectivity index (χ4n) is 4.73. The fourth-order valence-corrected chi connectivity index (χ4v) is 4.88. The molecule has 1 aliphatic heterocycles. The van der Waals surface area contributed by atoms with Gasteiger partial charge >= 0.3 is 0 Å². The Morgan fingerprint density at radius 2 is 1.93 bits per heavy atom. The average molecular weight is 569 g/mol. The number of rotatable bonds is 7. The van der Waals surface area contributed by atoms with Gasteiger partial charge in [-0.25, -0.2) is 28.1 Å². The molecule has 1 aromatic carbocycles. The van der Waals surface area contributed by atoms with Gasteiger partial charge in [0, 0.05) is 29.8 Å². The van der Waals surface area contributed by atoms with Crippen LogP contribution >= 0.6 is 11.6 Å². The number of amides is 2. The number of hydrogen-bond donors (Lipinski definition) is 1. The van der Waals surface area contributed by atoms with Gasteiger partial charge in [-0.1, -0.05) is 17.7 Å². The number of carbonyl (C=O) groups excluding carboxylic acids is 2. The number of carbonyl (C=O) groups is 2. The summed E-state index contributed by atoms with van der Waals surface area (Å²) in [7, 11) is 0. The van der Waals surface area contributed by atoms with E-state index in [1.165, 1.54) is 6.20 Å². The van der Waals surface area contributed by atoms with Crippen LogP contribution in [0.15, 0.2) is 49.3 Å². The molecular formula is C26H20ClF3N8O2. The number of fused-ring (bicyclic) bond motifs is 1. The van der Waals surface area contributed by atoms with Crippen molar-refractivity contribution in [2.75, 3.05) is 16.8 Å². The first-order valence-electron chi connectivity index (χ1n) is 12.3. The summed E-state index contributed by atoms with van der Waals surface area (Å²) in [6, 6.07) is 1.63. The molecule has 10 nitrogen and oxygen atoms in total. The normalized spacial score (nSPS) is 18.6. The van der Waals surface area contributed by atoms with E-state index in [4.69, 9.17) is 11.6 Å². The number of aromatic nitrogens is 6. The summed E-state index contributed by atoms with van der Waals surface area (Å²) in [5.74, 6) is -0.650. The molecule has 1 N–H and O–H groups in total. The summed E-state index contributed by atoms with van der Waals surface area (Å²) in [5, 5.41) is 6.50. The Bertz CT molecular complexity index is 1630. The molecule has 0 radical (unpaired) electrons. The molecule has 2 aliphatic rings. The minimum atomic E-state index is -3.00. The number of alkyl halides is 2. The predicted molar refractivity (Wildman–Crippen MR) is 137 cm³/mol. The molecule has 2 fully saturated rings. The molecule has 3 aromatic heterocycles. The number of benzene rings is 1. The van der Waals surface area contributed by atoms with Gasteiger partial charge in [-0.05, 0) is 25.3 Å². The van der Waals surface area contributed by atoms with Crippen molar-refractivity contribution < 1.29 is 22.8 Å². The molecule has 3 atom stereocenters. The molecule has 40 heavy (non-hydrogen) atoms. The Morgan fingerprint density at radius 1 is 1.15 bits per heavy atom. The number of anilines is 2. The molecule has 4 heterocycles. The predicted octanol–water partition coefficient (Wildman–Crippen LogP) is 4.70. The van der Waals surface area contributed by atoms with Crippen molar-refractivity contribution in [2.24, 2.45) is 11.8 Å². The summed E-state index contributed by atoms with van der Waals surface area (Å²) in [4.78, 5) is 43.6. The first kappa shape index (κ1) is 25.9. The third-order valence-corrected chi connectivity index (χ3v) is 7.30. The largest absolute Gasteiger partial charge is 0.318 e. The van der Waals surface area contributed by atoms with Gasteiger partial charge in [-0.3, -0.25) is 19.3 Å². The lowest BCUT2D eigenvalue weighted by Crippen LogP contribution is -2.28. The molecule has 0 bridgehead atoms. The quantitative estimate of drug-likeness (QED) is 0.343. The minimum absolute atomic E-state index is 0.115. The van der Waals surface area contributed by atoms with E-state index in [9.17, 15) is 22.8 Å². The van der Waals surface area contributed by atoms with Crippen molar-refractivity contribution in [2.45, 2.75) is 25.8 Å². The Hall–Kier alpha value is -4.39. The second-order valence-electron chi connectivity index (χ2n) is 9.61. The standard InChI is InChI=1S/C26H20ClF3N8O2/c1-12(24-32-6-15(7-33-24)37-10-13-4-17(13)26(37)40)38-11-14(5-34-38)35-25(39)20-9-31-8-19(36-20)21-16(23(29)30)2-3-18(27)22(21)28/h2-3,5-9,11-13,17,23H,4,10H2,1H3,(H,35,39)/t12-,13+,17+/m0/s1. The lowest BCUT2D eigenvalue weighted by atomic mass is 10.0. The van der Waals surface area contributed by atoms with Crippen LogP contribution in [0.4, 0.5) is 24.5 Å². The highest BCUT2D eigenvalue weighted by Crippen LogP contribution is 2.47. The molecular weight excluding hydrogens is 549 g/mol. The first-order valence-corrected chi connectivity index (χ1v) is 12.7. The Kier molecular flexibility index (Phi) is 6.45. The first-order chi connectivity index (χ1) is 19.2. The molecule has 0 unspecified atom stereocenters. The van der Waals surface area contributed by atoms with Gasteiger partial charge in [0.05, 0.1) is 53.1 Å². The average Bonchev–Trinajstić information content (AvgIpc) is 3.45. The van der Waals surface area contributed by atoms with E-state index in [1.54, 1.807) is 28.2 Å². The number of hydrogen-bond acceptors (Lipinski definition) is 7. The molecule has 14 heteroatoms. The Morgan fingerprint density at radius 3 is 2.62 bits per heavy atom.